The van der Waals surface area contributed by atoms with Gasteiger partial charge < -0.3 is 5.41 Å². The van der Waals surface area contributed by atoms with Crippen LogP contribution in [0.4, 0.5) is 0 Å². The van der Waals surface area contributed by atoms with Gasteiger partial charge in [0.2, 0.25) is 0 Å². The molecule has 162 valence electrons. The Morgan fingerprint density at radius 2 is 1.47 bits per heavy atom. The minimum absolute atomic E-state index is 0.0163. The first-order chi connectivity index (χ1) is 15.4. The second-order valence-electron chi connectivity index (χ2n) is 8.62. The zero-order valence-electron chi connectivity index (χ0n) is 18.7. The van der Waals surface area contributed by atoms with Gasteiger partial charge >= 0.3 is 0 Å². The van der Waals surface area contributed by atoms with Crippen molar-refractivity contribution in [2.75, 3.05) is 6.54 Å². The number of nitrogens with one attached hydrogen (secondary N) is 1. The maximum absolute atomic E-state index is 12.6. The van der Waals surface area contributed by atoms with E-state index in [4.69, 9.17) is 5.41 Å². The highest BCUT2D eigenvalue weighted by Crippen LogP contribution is 2.31. The Morgan fingerprint density at radius 3 is 1.94 bits per heavy atom. The average Bonchev–Trinajstić information content (AvgIpc) is 3.08. The lowest BCUT2D eigenvalue weighted by Gasteiger charge is -2.24. The molecule has 2 aliphatic rings. The largest absolute Gasteiger partial charge is 0.303 e. The molecule has 1 saturated heterocycles. The molecule has 1 unspecified atom stereocenters. The van der Waals surface area contributed by atoms with Gasteiger partial charge in [-0.15, -0.1) is 6.58 Å². The molecule has 1 aliphatic heterocycles. The molecule has 1 N–H and O–H groups in total. The van der Waals surface area contributed by atoms with Crippen LogP contribution in [0.15, 0.2) is 84.5 Å². The smallest absolute Gasteiger partial charge is 0.261 e. The van der Waals surface area contributed by atoms with E-state index >= 15 is 0 Å². The van der Waals surface area contributed by atoms with Crippen LogP contribution in [-0.4, -0.2) is 29.0 Å². The molecule has 2 amide bonds. The van der Waals surface area contributed by atoms with Crippen molar-refractivity contribution in [2.24, 2.45) is 0 Å². The van der Waals surface area contributed by atoms with Crippen molar-refractivity contribution >= 4 is 17.5 Å². The van der Waals surface area contributed by atoms with Gasteiger partial charge in [-0.3, -0.25) is 14.5 Å². The van der Waals surface area contributed by atoms with E-state index in [1.807, 2.05) is 42.5 Å². The van der Waals surface area contributed by atoms with E-state index in [1.165, 1.54) is 10.5 Å². The Kier molecular flexibility index (Phi) is 5.79. The zero-order valence-corrected chi connectivity index (χ0v) is 18.7. The zero-order chi connectivity index (χ0) is 22.9. The highest BCUT2D eigenvalue weighted by molar-refractivity contribution is 6.26. The number of hydrogen-bond acceptors (Lipinski definition) is 3. The van der Waals surface area contributed by atoms with E-state index in [1.54, 1.807) is 0 Å². The number of fused-ring (bicyclic) bond motifs is 1. The van der Waals surface area contributed by atoms with Gasteiger partial charge in [0.05, 0.1) is 12.3 Å². The van der Waals surface area contributed by atoms with Gasteiger partial charge in [-0.2, -0.15) is 0 Å². The summed E-state index contributed by atoms with van der Waals surface area (Å²) in [6.45, 7) is 8.31. The first-order valence-electron chi connectivity index (χ1n) is 11.1. The summed E-state index contributed by atoms with van der Waals surface area (Å²) in [5.41, 5.74) is 5.29. The predicted molar refractivity (Wildman–Crippen MR) is 129 cm³/mol. The monoisotopic (exact) mass is 424 g/mol. The summed E-state index contributed by atoms with van der Waals surface area (Å²) in [7, 11) is 0. The third-order valence-electron chi connectivity index (χ3n) is 6.72. The number of allylic oxidation sites excluding steroid dienone is 3. The van der Waals surface area contributed by atoms with Crippen molar-refractivity contribution < 1.29 is 9.59 Å². The lowest BCUT2D eigenvalue weighted by atomic mass is 9.80. The fourth-order valence-corrected chi connectivity index (χ4v) is 4.23. The standard InChI is InChI=1S/C28H28N2O2/c1-4-28(3,5-2)22-16-14-20(15-17-22)19-10-12-21(13-11-19)25(29)18-30-26(31)23-8-6-7-9-24(23)27(30)32/h4,8-17,29H,1,5-7,18H2,2-3H3. The Bertz CT molecular complexity index is 1120. The van der Waals surface area contributed by atoms with Crippen LogP contribution < -0.4 is 0 Å². The van der Waals surface area contributed by atoms with E-state index in [0.29, 0.717) is 16.7 Å². The summed E-state index contributed by atoms with van der Waals surface area (Å²) in [6.07, 6.45) is 8.20. The molecule has 1 fully saturated rings. The molecule has 0 saturated carbocycles. The SMILES string of the molecule is C=CC(C)(CC)c1ccc(-c2ccc(C(=N)CN3C(=O)C4=CCCC=C4C3=O)cc2)cc1. The number of carbonyl (C=O) groups excluding carboxylic acids is 2. The number of amides is 2. The summed E-state index contributed by atoms with van der Waals surface area (Å²) in [5, 5.41) is 8.46. The molecule has 4 nitrogen and oxygen atoms in total. The van der Waals surface area contributed by atoms with Gasteiger partial charge in [0.25, 0.3) is 11.8 Å². The number of nitrogens with zero attached hydrogens (tertiary/aromatic N) is 1. The average molecular weight is 425 g/mol. The molecule has 0 aromatic heterocycles. The summed E-state index contributed by atoms with van der Waals surface area (Å²) in [6, 6.07) is 16.2. The minimum atomic E-state index is -0.291. The Labute approximate surface area is 189 Å². The van der Waals surface area contributed by atoms with Gasteiger partial charge in [0, 0.05) is 16.6 Å². The molecule has 0 bridgehead atoms. The maximum atomic E-state index is 12.6. The van der Waals surface area contributed by atoms with Crippen LogP contribution in [-0.2, 0) is 15.0 Å². The summed E-state index contributed by atoms with van der Waals surface area (Å²) < 4.78 is 0. The lowest BCUT2D eigenvalue weighted by Crippen LogP contribution is -2.34. The normalized spacial score (nSPS) is 17.4. The quantitative estimate of drug-likeness (QED) is 0.358. The molecule has 2 aromatic carbocycles. The molecular weight excluding hydrogens is 396 g/mol. The number of benzene rings is 2. The number of rotatable bonds is 7. The molecule has 1 aliphatic carbocycles. The van der Waals surface area contributed by atoms with Crippen molar-refractivity contribution in [3.05, 3.63) is 95.6 Å². The fraction of sp³-hybridized carbons (Fsp3) is 0.250. The third kappa shape index (κ3) is 3.77. The second-order valence-corrected chi connectivity index (χ2v) is 8.62. The molecule has 0 radical (unpaired) electrons. The van der Waals surface area contributed by atoms with E-state index < -0.39 is 0 Å². The second kappa shape index (κ2) is 8.54. The molecule has 0 spiro atoms. The van der Waals surface area contributed by atoms with Crippen molar-refractivity contribution in [1.82, 2.24) is 4.90 Å². The van der Waals surface area contributed by atoms with Crippen molar-refractivity contribution in [3.8, 4) is 11.1 Å². The summed E-state index contributed by atoms with van der Waals surface area (Å²) in [4.78, 5) is 26.4. The van der Waals surface area contributed by atoms with Crippen LogP contribution in [0.25, 0.3) is 11.1 Å². The predicted octanol–water partition coefficient (Wildman–Crippen LogP) is 5.59. The van der Waals surface area contributed by atoms with Crippen LogP contribution in [0, 0.1) is 5.41 Å². The molecule has 4 rings (SSSR count). The lowest BCUT2D eigenvalue weighted by molar-refractivity contribution is -0.135. The molecule has 1 heterocycles. The molecule has 32 heavy (non-hydrogen) atoms. The van der Waals surface area contributed by atoms with Crippen molar-refractivity contribution in [3.63, 3.8) is 0 Å². The van der Waals surface area contributed by atoms with Crippen molar-refractivity contribution in [1.29, 1.82) is 5.41 Å². The Morgan fingerprint density at radius 1 is 0.969 bits per heavy atom. The Balaban J connectivity index is 1.48. The summed E-state index contributed by atoms with van der Waals surface area (Å²) in [5.74, 6) is -0.581. The van der Waals surface area contributed by atoms with Gasteiger partial charge in [0.1, 0.15) is 0 Å². The number of carbonyl (C=O) groups is 2. The van der Waals surface area contributed by atoms with E-state index in [2.05, 4.69) is 44.7 Å². The number of imide groups is 1. The maximum Gasteiger partial charge on any atom is 0.261 e. The number of likely N-dealkylation sites (tertiary alicyclic amines) is 1. The minimum Gasteiger partial charge on any atom is -0.303 e. The van der Waals surface area contributed by atoms with Crippen LogP contribution in [0.5, 0.6) is 0 Å². The highest BCUT2D eigenvalue weighted by Gasteiger charge is 2.39. The topological polar surface area (TPSA) is 61.2 Å². The van der Waals surface area contributed by atoms with Crippen LogP contribution in [0.2, 0.25) is 0 Å². The van der Waals surface area contributed by atoms with E-state index in [-0.39, 0.29) is 29.5 Å². The van der Waals surface area contributed by atoms with Crippen molar-refractivity contribution in [2.45, 2.75) is 38.5 Å². The number of hydrogen-bond donors (Lipinski definition) is 1. The van der Waals surface area contributed by atoms with Gasteiger partial charge in [-0.05, 0) is 41.5 Å². The third-order valence-corrected chi connectivity index (χ3v) is 6.72. The first kappa shape index (κ1) is 21.7. The first-order valence-corrected chi connectivity index (χ1v) is 11.1. The summed E-state index contributed by atoms with van der Waals surface area (Å²) >= 11 is 0. The van der Waals surface area contributed by atoms with Crippen LogP contribution >= 0.6 is 0 Å². The van der Waals surface area contributed by atoms with Crippen LogP contribution in [0.1, 0.15) is 44.2 Å². The van der Waals surface area contributed by atoms with E-state index in [0.717, 1.165) is 30.4 Å². The molecule has 2 aromatic rings. The Hall–Kier alpha value is -3.53. The van der Waals surface area contributed by atoms with Gasteiger partial charge in [-0.25, -0.2) is 0 Å². The highest BCUT2D eigenvalue weighted by atomic mass is 16.2. The van der Waals surface area contributed by atoms with Crippen LogP contribution in [0.3, 0.4) is 0 Å². The molecular formula is C28H28N2O2. The molecule has 1 atom stereocenters. The van der Waals surface area contributed by atoms with Gasteiger partial charge in [-0.1, -0.05) is 80.6 Å². The van der Waals surface area contributed by atoms with Gasteiger partial charge in [0.15, 0.2) is 0 Å². The molecule has 4 heteroatoms. The fourth-order valence-electron chi connectivity index (χ4n) is 4.23. The van der Waals surface area contributed by atoms with E-state index in [9.17, 15) is 9.59 Å².